The molecule has 1 heterocycles. The quantitative estimate of drug-likeness (QED) is 0.436. The number of hydrogen-bond acceptors (Lipinski definition) is 8. The van der Waals surface area contributed by atoms with Crippen LogP contribution in [0.2, 0.25) is 0 Å². The number of nitrogens with two attached hydrogens (primary N) is 3. The fraction of sp³-hybridized carbons (Fsp3) is 0.500. The standard InChI is InChI=1S/C8H15N5O3/c9-5-6(10)12-8(11)13-7(5)16-4-3-15-2-1-14/h14H,1-4,9H2,(H4,10,11,12,13). The van der Waals surface area contributed by atoms with Crippen LogP contribution in [0.4, 0.5) is 17.5 Å². The Hall–Kier alpha value is -1.80. The van der Waals surface area contributed by atoms with Crippen LogP contribution in [0.3, 0.4) is 0 Å². The summed E-state index contributed by atoms with van der Waals surface area (Å²) in [7, 11) is 0. The molecule has 8 nitrogen and oxygen atoms in total. The van der Waals surface area contributed by atoms with Crippen molar-refractivity contribution >= 4 is 17.5 Å². The maximum Gasteiger partial charge on any atom is 0.244 e. The maximum atomic E-state index is 8.46. The fourth-order valence-corrected chi connectivity index (χ4v) is 0.956. The number of ether oxygens (including phenoxy) is 2. The third-order valence-corrected chi connectivity index (χ3v) is 1.66. The summed E-state index contributed by atoms with van der Waals surface area (Å²) >= 11 is 0. The monoisotopic (exact) mass is 229 g/mol. The Morgan fingerprint density at radius 2 is 1.81 bits per heavy atom. The van der Waals surface area contributed by atoms with E-state index in [1.807, 2.05) is 0 Å². The van der Waals surface area contributed by atoms with Crippen LogP contribution in [0.5, 0.6) is 5.88 Å². The number of aromatic nitrogens is 2. The molecule has 0 spiro atoms. The number of aliphatic hydroxyl groups excluding tert-OH is 1. The highest BCUT2D eigenvalue weighted by atomic mass is 16.5. The first-order valence-electron chi connectivity index (χ1n) is 4.65. The molecule has 16 heavy (non-hydrogen) atoms. The van der Waals surface area contributed by atoms with E-state index in [4.69, 9.17) is 31.8 Å². The van der Waals surface area contributed by atoms with Crippen LogP contribution in [-0.4, -0.2) is 41.5 Å². The Labute approximate surface area is 92.4 Å². The molecule has 0 amide bonds. The van der Waals surface area contributed by atoms with Crippen LogP contribution in [0, 0.1) is 0 Å². The molecule has 0 aliphatic carbocycles. The van der Waals surface area contributed by atoms with Gasteiger partial charge < -0.3 is 31.8 Å². The van der Waals surface area contributed by atoms with Crippen LogP contribution in [0.15, 0.2) is 0 Å². The highest BCUT2D eigenvalue weighted by molar-refractivity contribution is 5.65. The van der Waals surface area contributed by atoms with Crippen LogP contribution in [0.1, 0.15) is 0 Å². The molecule has 0 saturated carbocycles. The van der Waals surface area contributed by atoms with Gasteiger partial charge >= 0.3 is 0 Å². The van der Waals surface area contributed by atoms with E-state index in [1.165, 1.54) is 0 Å². The van der Waals surface area contributed by atoms with Crippen LogP contribution in [-0.2, 0) is 4.74 Å². The average molecular weight is 229 g/mol. The third kappa shape index (κ3) is 3.41. The van der Waals surface area contributed by atoms with E-state index in [-0.39, 0.29) is 43.2 Å². The lowest BCUT2D eigenvalue weighted by Crippen LogP contribution is -2.13. The van der Waals surface area contributed by atoms with Gasteiger partial charge in [0.2, 0.25) is 11.8 Å². The van der Waals surface area contributed by atoms with E-state index in [0.29, 0.717) is 6.61 Å². The number of anilines is 3. The summed E-state index contributed by atoms with van der Waals surface area (Å²) in [5, 5.41) is 8.46. The molecule has 0 aromatic carbocycles. The van der Waals surface area contributed by atoms with E-state index < -0.39 is 0 Å². The molecule has 0 aliphatic rings. The van der Waals surface area contributed by atoms with Gasteiger partial charge in [0, 0.05) is 0 Å². The van der Waals surface area contributed by atoms with Crippen molar-refractivity contribution in [2.24, 2.45) is 0 Å². The molecule has 0 saturated heterocycles. The molecule has 0 aliphatic heterocycles. The van der Waals surface area contributed by atoms with Gasteiger partial charge in [-0.3, -0.25) is 0 Å². The van der Waals surface area contributed by atoms with E-state index in [0.717, 1.165) is 0 Å². The van der Waals surface area contributed by atoms with Crippen LogP contribution < -0.4 is 21.9 Å². The van der Waals surface area contributed by atoms with Crippen molar-refractivity contribution < 1.29 is 14.6 Å². The minimum absolute atomic E-state index is 0.00187. The summed E-state index contributed by atoms with van der Waals surface area (Å²) in [6, 6.07) is 0. The third-order valence-electron chi connectivity index (χ3n) is 1.66. The van der Waals surface area contributed by atoms with Gasteiger partial charge in [-0.2, -0.15) is 9.97 Å². The topological polar surface area (TPSA) is 143 Å². The highest BCUT2D eigenvalue weighted by Crippen LogP contribution is 2.23. The van der Waals surface area contributed by atoms with Crippen molar-refractivity contribution in [1.29, 1.82) is 0 Å². The Kier molecular flexibility index (Phi) is 4.55. The molecule has 7 N–H and O–H groups in total. The summed E-state index contributed by atoms with van der Waals surface area (Å²) in [5.41, 5.74) is 16.6. The van der Waals surface area contributed by atoms with Gasteiger partial charge in [0.1, 0.15) is 12.3 Å². The lowest BCUT2D eigenvalue weighted by molar-refractivity contribution is 0.0697. The molecule has 8 heteroatoms. The number of nitrogens with zero attached hydrogens (tertiary/aromatic N) is 2. The van der Waals surface area contributed by atoms with Crippen LogP contribution in [0.25, 0.3) is 0 Å². The molecule has 1 aromatic heterocycles. The largest absolute Gasteiger partial charge is 0.474 e. The first kappa shape index (κ1) is 12.3. The molecule has 0 atom stereocenters. The molecule has 1 rings (SSSR count). The van der Waals surface area contributed by atoms with Crippen LogP contribution >= 0.6 is 0 Å². The minimum atomic E-state index is -0.0322. The predicted octanol–water partition coefficient (Wildman–Crippen LogP) is -1.39. The van der Waals surface area contributed by atoms with Crippen molar-refractivity contribution in [3.63, 3.8) is 0 Å². The first-order chi connectivity index (χ1) is 7.65. The molecular weight excluding hydrogens is 214 g/mol. The molecular formula is C8H15N5O3. The molecule has 90 valence electrons. The Balaban J connectivity index is 2.47. The van der Waals surface area contributed by atoms with Crippen molar-refractivity contribution in [1.82, 2.24) is 9.97 Å². The van der Waals surface area contributed by atoms with Gasteiger partial charge in [-0.15, -0.1) is 0 Å². The summed E-state index contributed by atoms with van der Waals surface area (Å²) in [6.45, 7) is 0.770. The zero-order valence-corrected chi connectivity index (χ0v) is 8.72. The van der Waals surface area contributed by atoms with Crippen molar-refractivity contribution in [3.8, 4) is 5.88 Å². The Bertz CT molecular complexity index is 347. The SMILES string of the molecule is Nc1nc(N)c(N)c(OCCOCCO)n1. The second-order valence-corrected chi connectivity index (χ2v) is 2.87. The average Bonchev–Trinajstić information content (AvgIpc) is 2.24. The molecule has 0 bridgehead atoms. The lowest BCUT2D eigenvalue weighted by atomic mass is 10.4. The summed E-state index contributed by atoms with van der Waals surface area (Å²) < 4.78 is 10.2. The van der Waals surface area contributed by atoms with Gasteiger partial charge in [-0.25, -0.2) is 0 Å². The predicted molar refractivity (Wildman–Crippen MR) is 58.7 cm³/mol. The van der Waals surface area contributed by atoms with Gasteiger partial charge in [0.25, 0.3) is 0 Å². The summed E-state index contributed by atoms with van der Waals surface area (Å²) in [5.74, 6) is 0.217. The lowest BCUT2D eigenvalue weighted by Gasteiger charge is -2.09. The Morgan fingerprint density at radius 3 is 2.50 bits per heavy atom. The second-order valence-electron chi connectivity index (χ2n) is 2.87. The maximum absolute atomic E-state index is 8.46. The van der Waals surface area contributed by atoms with Crippen molar-refractivity contribution in [3.05, 3.63) is 0 Å². The van der Waals surface area contributed by atoms with E-state index >= 15 is 0 Å². The number of nitrogen functional groups attached to an aromatic ring is 3. The summed E-state index contributed by atoms with van der Waals surface area (Å²) in [4.78, 5) is 7.45. The minimum Gasteiger partial charge on any atom is -0.474 e. The normalized spacial score (nSPS) is 10.3. The van der Waals surface area contributed by atoms with Gasteiger partial charge in [0.15, 0.2) is 5.82 Å². The molecule has 0 unspecified atom stereocenters. The second kappa shape index (κ2) is 5.93. The number of hydrogen-bond donors (Lipinski definition) is 4. The van der Waals surface area contributed by atoms with Crippen molar-refractivity contribution in [2.45, 2.75) is 0 Å². The molecule has 0 fully saturated rings. The zero-order chi connectivity index (χ0) is 12.0. The van der Waals surface area contributed by atoms with E-state index in [2.05, 4.69) is 9.97 Å². The van der Waals surface area contributed by atoms with E-state index in [9.17, 15) is 0 Å². The summed E-state index contributed by atoms with van der Waals surface area (Å²) in [6.07, 6.45) is 0. The molecule has 0 radical (unpaired) electrons. The number of aliphatic hydroxyl groups is 1. The first-order valence-corrected chi connectivity index (χ1v) is 4.65. The highest BCUT2D eigenvalue weighted by Gasteiger charge is 2.08. The van der Waals surface area contributed by atoms with E-state index in [1.54, 1.807) is 0 Å². The smallest absolute Gasteiger partial charge is 0.244 e. The van der Waals surface area contributed by atoms with Crippen molar-refractivity contribution in [2.75, 3.05) is 43.6 Å². The van der Waals surface area contributed by atoms with Gasteiger partial charge in [-0.1, -0.05) is 0 Å². The Morgan fingerprint density at radius 1 is 1.06 bits per heavy atom. The molecule has 1 aromatic rings. The van der Waals surface area contributed by atoms with Gasteiger partial charge in [-0.05, 0) is 0 Å². The zero-order valence-electron chi connectivity index (χ0n) is 8.72. The number of rotatable bonds is 6. The van der Waals surface area contributed by atoms with Gasteiger partial charge in [0.05, 0.1) is 19.8 Å². The fourth-order valence-electron chi connectivity index (χ4n) is 0.956.